The molecule has 0 radical (unpaired) electrons. The van der Waals surface area contributed by atoms with Gasteiger partial charge in [0.15, 0.2) is 0 Å². The van der Waals surface area contributed by atoms with E-state index in [4.69, 9.17) is 0 Å². The summed E-state index contributed by atoms with van der Waals surface area (Å²) in [4.78, 5) is 0. The summed E-state index contributed by atoms with van der Waals surface area (Å²) in [5, 5.41) is 6.53. The number of rotatable bonds is 6. The van der Waals surface area contributed by atoms with Crippen molar-refractivity contribution in [1.29, 1.82) is 0 Å². The maximum atomic E-state index is 13.5. The van der Waals surface area contributed by atoms with Crippen LogP contribution >= 0.6 is 0 Å². The van der Waals surface area contributed by atoms with Crippen LogP contribution in [0.5, 0.6) is 0 Å². The first-order chi connectivity index (χ1) is 18.0. The van der Waals surface area contributed by atoms with E-state index in [-0.39, 0.29) is 5.56 Å². The Morgan fingerprint density at radius 3 is 2.13 bits per heavy atom. The maximum absolute atomic E-state index is 13.5. The van der Waals surface area contributed by atoms with E-state index in [9.17, 15) is 8.78 Å². The van der Waals surface area contributed by atoms with E-state index in [1.54, 1.807) is 0 Å². The van der Waals surface area contributed by atoms with E-state index in [0.29, 0.717) is 17.8 Å². The number of alkyl halides is 2. The second-order valence-electron chi connectivity index (χ2n) is 10.4. The average Bonchev–Trinajstić information content (AvgIpc) is 3.26. The van der Waals surface area contributed by atoms with Crippen LogP contribution in [0.25, 0.3) is 0 Å². The van der Waals surface area contributed by atoms with Crippen LogP contribution in [-0.2, 0) is 13.0 Å². The molecule has 218 valence electrons. The lowest BCUT2D eigenvalue weighted by molar-refractivity contribution is 0.150. The molecule has 0 aromatic heterocycles. The Morgan fingerprint density at radius 1 is 1.08 bits per heavy atom. The van der Waals surface area contributed by atoms with Gasteiger partial charge in [-0.2, -0.15) is 0 Å². The quantitative estimate of drug-likeness (QED) is 0.356. The van der Waals surface area contributed by atoms with Crippen LogP contribution in [0.4, 0.5) is 8.78 Å². The predicted molar refractivity (Wildman–Crippen MR) is 165 cm³/mol. The Labute approximate surface area is 234 Å². The van der Waals surface area contributed by atoms with Crippen molar-refractivity contribution in [2.75, 3.05) is 13.6 Å². The third-order valence-electron chi connectivity index (χ3n) is 7.88. The Hall–Kier alpha value is -1.94. The minimum Gasteiger partial charge on any atom is -0.391 e. The van der Waals surface area contributed by atoms with E-state index in [1.165, 1.54) is 35.1 Å². The molecule has 1 saturated carbocycles. The summed E-state index contributed by atoms with van der Waals surface area (Å²) in [6, 6.07) is 1.83. The minimum atomic E-state index is -2.37. The normalized spacial score (nSPS) is 21.6. The SMILES string of the molecule is C=C(C)C(/C=C\C)=C(/C)NC.CC.CC.Cc1c(C(F)F)cc(C(C)C2CC(C)CC2C)c2c1CCNC2. The second kappa shape index (κ2) is 18.4. The highest BCUT2D eigenvalue weighted by Gasteiger charge is 2.35. The van der Waals surface area contributed by atoms with Gasteiger partial charge in [0, 0.05) is 24.9 Å². The van der Waals surface area contributed by atoms with Gasteiger partial charge in [0.2, 0.25) is 0 Å². The van der Waals surface area contributed by atoms with Gasteiger partial charge >= 0.3 is 0 Å². The summed E-state index contributed by atoms with van der Waals surface area (Å²) in [6.07, 6.45) is 5.07. The van der Waals surface area contributed by atoms with Crippen LogP contribution in [0.3, 0.4) is 0 Å². The number of benzene rings is 1. The van der Waals surface area contributed by atoms with Crippen molar-refractivity contribution in [2.24, 2.45) is 17.8 Å². The minimum absolute atomic E-state index is 0.256. The van der Waals surface area contributed by atoms with E-state index in [1.807, 2.05) is 74.6 Å². The molecule has 0 amide bonds. The van der Waals surface area contributed by atoms with Gasteiger partial charge < -0.3 is 10.6 Å². The highest BCUT2D eigenvalue weighted by molar-refractivity contribution is 5.49. The van der Waals surface area contributed by atoms with Gasteiger partial charge in [-0.25, -0.2) is 8.78 Å². The molecule has 1 fully saturated rings. The molecule has 1 aliphatic heterocycles. The number of hydrogen-bond acceptors (Lipinski definition) is 2. The Kier molecular flexibility index (Phi) is 17.4. The largest absolute Gasteiger partial charge is 0.391 e. The molecule has 1 heterocycles. The molecule has 3 rings (SSSR count). The maximum Gasteiger partial charge on any atom is 0.264 e. The van der Waals surface area contributed by atoms with Gasteiger partial charge in [0.1, 0.15) is 0 Å². The number of fused-ring (bicyclic) bond motifs is 1. The molecule has 4 atom stereocenters. The molecule has 4 unspecified atom stereocenters. The summed E-state index contributed by atoms with van der Waals surface area (Å²) < 4.78 is 27.1. The highest BCUT2D eigenvalue weighted by atomic mass is 19.3. The predicted octanol–water partition coefficient (Wildman–Crippen LogP) is 10.0. The third-order valence-corrected chi connectivity index (χ3v) is 7.88. The van der Waals surface area contributed by atoms with Crippen LogP contribution in [-0.4, -0.2) is 13.6 Å². The van der Waals surface area contributed by atoms with Gasteiger partial charge in [-0.3, -0.25) is 0 Å². The van der Waals surface area contributed by atoms with Crippen LogP contribution in [0.15, 0.2) is 41.6 Å². The van der Waals surface area contributed by atoms with Crippen LogP contribution in [0.1, 0.15) is 122 Å². The van der Waals surface area contributed by atoms with Gasteiger partial charge in [0.25, 0.3) is 6.43 Å². The number of nitrogens with one attached hydrogen (secondary N) is 2. The fraction of sp³-hybridized carbons (Fsp3) is 0.647. The summed E-state index contributed by atoms with van der Waals surface area (Å²) >= 11 is 0. The smallest absolute Gasteiger partial charge is 0.264 e. The zero-order valence-corrected chi connectivity index (χ0v) is 26.6. The molecule has 1 aromatic carbocycles. The van der Waals surface area contributed by atoms with E-state index in [0.717, 1.165) is 42.3 Å². The van der Waals surface area contributed by atoms with Crippen molar-refractivity contribution in [2.45, 2.75) is 114 Å². The van der Waals surface area contributed by atoms with Crippen LogP contribution in [0, 0.1) is 24.7 Å². The van der Waals surface area contributed by atoms with Crippen molar-refractivity contribution >= 4 is 0 Å². The molecule has 0 spiro atoms. The Bertz CT molecular complexity index is 914. The van der Waals surface area contributed by atoms with Crippen LogP contribution < -0.4 is 10.6 Å². The molecule has 0 saturated heterocycles. The van der Waals surface area contributed by atoms with E-state index >= 15 is 0 Å². The third kappa shape index (κ3) is 9.67. The molecule has 2 N–H and O–H groups in total. The fourth-order valence-electron chi connectivity index (χ4n) is 5.96. The van der Waals surface area contributed by atoms with E-state index in [2.05, 4.69) is 44.1 Å². The Balaban J connectivity index is 0.000000774. The fourth-order valence-corrected chi connectivity index (χ4v) is 5.96. The van der Waals surface area contributed by atoms with Gasteiger partial charge in [0.05, 0.1) is 0 Å². The lowest BCUT2D eigenvalue weighted by atomic mass is 9.76. The molecule has 4 heteroatoms. The average molecular weight is 533 g/mol. The van der Waals surface area contributed by atoms with Gasteiger partial charge in [-0.05, 0) is 117 Å². The highest BCUT2D eigenvalue weighted by Crippen LogP contribution is 2.46. The molecule has 1 aromatic rings. The second-order valence-corrected chi connectivity index (χ2v) is 10.4. The topological polar surface area (TPSA) is 24.1 Å². The number of allylic oxidation sites excluding steroid dienone is 5. The van der Waals surface area contributed by atoms with Gasteiger partial charge in [-0.1, -0.05) is 67.2 Å². The molecule has 0 bridgehead atoms. The molecule has 1 aliphatic carbocycles. The van der Waals surface area contributed by atoms with Crippen LogP contribution in [0.2, 0.25) is 0 Å². The molecular formula is C34H58F2N2. The summed E-state index contributed by atoms with van der Waals surface area (Å²) in [7, 11) is 1.92. The van der Waals surface area contributed by atoms with Gasteiger partial charge in [-0.15, -0.1) is 0 Å². The molecular weight excluding hydrogens is 474 g/mol. The number of hydrogen-bond donors (Lipinski definition) is 2. The monoisotopic (exact) mass is 532 g/mol. The Morgan fingerprint density at radius 2 is 1.68 bits per heavy atom. The lowest BCUT2D eigenvalue weighted by Crippen LogP contribution is -2.28. The molecule has 2 nitrogen and oxygen atoms in total. The van der Waals surface area contributed by atoms with Crippen molar-refractivity contribution in [3.63, 3.8) is 0 Å². The van der Waals surface area contributed by atoms with Crippen molar-refractivity contribution in [3.8, 4) is 0 Å². The summed E-state index contributed by atoms with van der Waals surface area (Å²) in [6.45, 7) is 28.5. The first-order valence-electron chi connectivity index (χ1n) is 14.8. The lowest BCUT2D eigenvalue weighted by Gasteiger charge is -2.31. The summed E-state index contributed by atoms with van der Waals surface area (Å²) in [5.74, 6) is 2.42. The van der Waals surface area contributed by atoms with Crippen molar-refractivity contribution in [1.82, 2.24) is 10.6 Å². The van der Waals surface area contributed by atoms with E-state index < -0.39 is 6.43 Å². The zero-order valence-electron chi connectivity index (χ0n) is 26.6. The summed E-state index contributed by atoms with van der Waals surface area (Å²) in [5.41, 5.74) is 8.19. The molecule has 2 aliphatic rings. The van der Waals surface area contributed by atoms with Crippen molar-refractivity contribution in [3.05, 3.63) is 69.5 Å². The molecule has 38 heavy (non-hydrogen) atoms. The zero-order chi connectivity index (χ0) is 29.6. The standard InChI is InChI=1S/C20H29F2N.C10H17N.2C2H6/c1-11-7-12(2)16(8-11)14(4)17-9-18(20(21)22)13(3)15-5-6-23-10-19(15)17;1-6-7-10(8(2)3)9(4)11-5;2*1-2/h9,11-12,14,16,20,23H,5-8,10H2,1-4H3;6-7,11H,2H2,1,3-5H3;2*1-2H3/b;7-6-,10-9-;;. The number of halogens is 2. The first-order valence-corrected chi connectivity index (χ1v) is 14.8. The van der Waals surface area contributed by atoms with Crippen molar-refractivity contribution < 1.29 is 8.78 Å². The first kappa shape index (κ1) is 36.1.